The molecule has 1 saturated heterocycles. The van der Waals surface area contributed by atoms with Crippen LogP contribution in [-0.4, -0.2) is 19.1 Å². The Morgan fingerprint density at radius 3 is 3.07 bits per heavy atom. The van der Waals surface area contributed by atoms with E-state index in [2.05, 4.69) is 21.2 Å². The number of rotatable bonds is 1. The van der Waals surface area contributed by atoms with Crippen molar-refractivity contribution in [3.05, 3.63) is 34.3 Å². The van der Waals surface area contributed by atoms with E-state index >= 15 is 0 Å². The average molecular weight is 256 g/mol. The number of carbonyl (C=O) groups is 1. The third-order valence-electron chi connectivity index (χ3n) is 2.09. The SMILES string of the molecule is O=C1CNC[C@H](c2cccc(Br)c2)O1. The van der Waals surface area contributed by atoms with E-state index in [0.717, 1.165) is 10.0 Å². The maximum atomic E-state index is 11.0. The normalized spacial score (nSPS) is 21.8. The van der Waals surface area contributed by atoms with Crippen molar-refractivity contribution in [3.8, 4) is 0 Å². The number of nitrogens with one attached hydrogen (secondary N) is 1. The van der Waals surface area contributed by atoms with E-state index < -0.39 is 0 Å². The number of ether oxygens (including phenoxy) is 1. The Balaban J connectivity index is 2.17. The van der Waals surface area contributed by atoms with Crippen molar-refractivity contribution in [2.45, 2.75) is 6.10 Å². The molecule has 1 aliphatic heterocycles. The molecule has 1 atom stereocenters. The molecule has 1 aromatic carbocycles. The average Bonchev–Trinajstić information content (AvgIpc) is 2.18. The molecule has 1 aliphatic rings. The van der Waals surface area contributed by atoms with Gasteiger partial charge >= 0.3 is 5.97 Å². The Morgan fingerprint density at radius 2 is 2.36 bits per heavy atom. The molecule has 14 heavy (non-hydrogen) atoms. The van der Waals surface area contributed by atoms with Crippen LogP contribution in [0.4, 0.5) is 0 Å². The molecule has 0 bridgehead atoms. The molecule has 0 aromatic heterocycles. The molecule has 3 nitrogen and oxygen atoms in total. The van der Waals surface area contributed by atoms with E-state index in [1.54, 1.807) is 0 Å². The fourth-order valence-electron chi connectivity index (χ4n) is 1.44. The van der Waals surface area contributed by atoms with Crippen LogP contribution in [0.25, 0.3) is 0 Å². The van der Waals surface area contributed by atoms with Crippen LogP contribution >= 0.6 is 15.9 Å². The third-order valence-corrected chi connectivity index (χ3v) is 2.59. The van der Waals surface area contributed by atoms with Gasteiger partial charge in [-0.2, -0.15) is 0 Å². The smallest absolute Gasteiger partial charge is 0.320 e. The lowest BCUT2D eigenvalue weighted by molar-refractivity contribution is -0.151. The maximum Gasteiger partial charge on any atom is 0.320 e. The van der Waals surface area contributed by atoms with Gasteiger partial charge in [-0.25, -0.2) is 0 Å². The predicted molar refractivity (Wildman–Crippen MR) is 55.8 cm³/mol. The first-order chi connectivity index (χ1) is 6.75. The zero-order valence-corrected chi connectivity index (χ0v) is 9.08. The van der Waals surface area contributed by atoms with E-state index in [0.29, 0.717) is 13.1 Å². The number of benzene rings is 1. The second kappa shape index (κ2) is 4.11. The standard InChI is InChI=1S/C10H10BrNO2/c11-8-3-1-2-7(4-8)9-5-12-6-10(13)14-9/h1-4,9,12H,5-6H2/t9-/m1/s1. The Kier molecular flexibility index (Phi) is 2.84. The van der Waals surface area contributed by atoms with Gasteiger partial charge in [-0.1, -0.05) is 28.1 Å². The van der Waals surface area contributed by atoms with E-state index in [9.17, 15) is 4.79 Å². The molecule has 1 fully saturated rings. The summed E-state index contributed by atoms with van der Waals surface area (Å²) < 4.78 is 6.20. The number of hydrogen-bond donors (Lipinski definition) is 1. The van der Waals surface area contributed by atoms with Gasteiger partial charge in [0.2, 0.25) is 0 Å². The van der Waals surface area contributed by atoms with Gasteiger partial charge < -0.3 is 10.1 Å². The van der Waals surface area contributed by atoms with Gasteiger partial charge in [0.15, 0.2) is 0 Å². The van der Waals surface area contributed by atoms with Crippen LogP contribution in [0.1, 0.15) is 11.7 Å². The summed E-state index contributed by atoms with van der Waals surface area (Å²) in [5, 5.41) is 3.01. The molecule has 2 rings (SSSR count). The van der Waals surface area contributed by atoms with Crippen LogP contribution in [0, 0.1) is 0 Å². The molecule has 1 heterocycles. The molecular formula is C10H10BrNO2. The highest BCUT2D eigenvalue weighted by Gasteiger charge is 2.21. The van der Waals surface area contributed by atoms with Crippen molar-refractivity contribution in [1.29, 1.82) is 0 Å². The Labute approximate surface area is 90.6 Å². The number of carbonyl (C=O) groups excluding carboxylic acids is 1. The molecule has 4 heteroatoms. The van der Waals surface area contributed by atoms with Crippen LogP contribution < -0.4 is 5.32 Å². The highest BCUT2D eigenvalue weighted by molar-refractivity contribution is 9.10. The summed E-state index contributed by atoms with van der Waals surface area (Å²) in [6.07, 6.45) is -0.159. The first-order valence-electron chi connectivity index (χ1n) is 4.41. The van der Waals surface area contributed by atoms with Crippen molar-refractivity contribution >= 4 is 21.9 Å². The predicted octanol–water partition coefficient (Wildman–Crippen LogP) is 1.64. The summed E-state index contributed by atoms with van der Waals surface area (Å²) in [5.41, 5.74) is 1.01. The highest BCUT2D eigenvalue weighted by Crippen LogP contribution is 2.22. The number of halogens is 1. The lowest BCUT2D eigenvalue weighted by Gasteiger charge is -2.23. The van der Waals surface area contributed by atoms with E-state index in [-0.39, 0.29) is 12.1 Å². The second-order valence-electron chi connectivity index (χ2n) is 3.16. The fraction of sp³-hybridized carbons (Fsp3) is 0.300. The first-order valence-corrected chi connectivity index (χ1v) is 5.20. The topological polar surface area (TPSA) is 38.3 Å². The monoisotopic (exact) mass is 255 g/mol. The van der Waals surface area contributed by atoms with Crippen molar-refractivity contribution < 1.29 is 9.53 Å². The Bertz CT molecular complexity index is 354. The minimum Gasteiger partial charge on any atom is -0.455 e. The molecule has 0 unspecified atom stereocenters. The van der Waals surface area contributed by atoms with Gasteiger partial charge in [0.05, 0.1) is 6.54 Å². The Hall–Kier alpha value is -0.870. The largest absolute Gasteiger partial charge is 0.455 e. The minimum absolute atomic E-state index is 0.159. The van der Waals surface area contributed by atoms with E-state index in [1.807, 2.05) is 24.3 Å². The Morgan fingerprint density at radius 1 is 1.50 bits per heavy atom. The summed E-state index contributed by atoms with van der Waals surface area (Å²) in [4.78, 5) is 11.0. The molecule has 0 spiro atoms. The molecule has 1 N–H and O–H groups in total. The van der Waals surface area contributed by atoms with E-state index in [4.69, 9.17) is 4.74 Å². The summed E-state index contributed by atoms with van der Waals surface area (Å²) in [6.45, 7) is 0.993. The summed E-state index contributed by atoms with van der Waals surface area (Å²) >= 11 is 3.38. The van der Waals surface area contributed by atoms with Gasteiger partial charge in [0, 0.05) is 11.0 Å². The first kappa shape index (κ1) is 9.68. The quantitative estimate of drug-likeness (QED) is 0.776. The molecule has 74 valence electrons. The van der Waals surface area contributed by atoms with Crippen molar-refractivity contribution in [2.75, 3.05) is 13.1 Å². The van der Waals surface area contributed by atoms with Crippen LogP contribution in [0.2, 0.25) is 0 Å². The van der Waals surface area contributed by atoms with Crippen LogP contribution in [0.5, 0.6) is 0 Å². The van der Waals surface area contributed by atoms with Crippen LogP contribution in [0.3, 0.4) is 0 Å². The molecule has 1 aromatic rings. The summed E-state index contributed by atoms with van der Waals surface area (Å²) in [5.74, 6) is -0.193. The zero-order valence-electron chi connectivity index (χ0n) is 7.50. The number of cyclic esters (lactones) is 1. The summed E-state index contributed by atoms with van der Waals surface area (Å²) in [6, 6.07) is 7.80. The lowest BCUT2D eigenvalue weighted by atomic mass is 10.1. The van der Waals surface area contributed by atoms with Crippen LogP contribution in [0.15, 0.2) is 28.7 Å². The molecule has 0 amide bonds. The van der Waals surface area contributed by atoms with Crippen molar-refractivity contribution in [1.82, 2.24) is 5.32 Å². The zero-order chi connectivity index (χ0) is 9.97. The molecular weight excluding hydrogens is 246 g/mol. The van der Waals surface area contributed by atoms with E-state index in [1.165, 1.54) is 0 Å². The number of morpholine rings is 1. The molecule has 0 saturated carbocycles. The van der Waals surface area contributed by atoms with Crippen LogP contribution in [-0.2, 0) is 9.53 Å². The second-order valence-corrected chi connectivity index (χ2v) is 4.08. The fourth-order valence-corrected chi connectivity index (χ4v) is 1.86. The summed E-state index contributed by atoms with van der Waals surface area (Å²) in [7, 11) is 0. The van der Waals surface area contributed by atoms with Gasteiger partial charge in [0.1, 0.15) is 6.10 Å². The van der Waals surface area contributed by atoms with Crippen molar-refractivity contribution in [3.63, 3.8) is 0 Å². The van der Waals surface area contributed by atoms with Gasteiger partial charge in [-0.05, 0) is 17.7 Å². The molecule has 0 aliphatic carbocycles. The van der Waals surface area contributed by atoms with Crippen molar-refractivity contribution in [2.24, 2.45) is 0 Å². The number of hydrogen-bond acceptors (Lipinski definition) is 3. The number of esters is 1. The van der Waals surface area contributed by atoms with Gasteiger partial charge in [-0.3, -0.25) is 4.79 Å². The molecule has 0 radical (unpaired) electrons. The van der Waals surface area contributed by atoms with Gasteiger partial charge in [0.25, 0.3) is 0 Å². The highest BCUT2D eigenvalue weighted by atomic mass is 79.9. The minimum atomic E-state index is -0.193. The third kappa shape index (κ3) is 2.13. The maximum absolute atomic E-state index is 11.0. The van der Waals surface area contributed by atoms with Gasteiger partial charge in [-0.15, -0.1) is 0 Å². The lowest BCUT2D eigenvalue weighted by Crippen LogP contribution is -2.37.